The van der Waals surface area contributed by atoms with Crippen molar-refractivity contribution >= 4 is 6.09 Å². The molecule has 2 fully saturated rings. The van der Waals surface area contributed by atoms with Gasteiger partial charge in [-0.05, 0) is 58.9 Å². The minimum absolute atomic E-state index is 0.159. The van der Waals surface area contributed by atoms with E-state index in [0.717, 1.165) is 19.4 Å². The van der Waals surface area contributed by atoms with Gasteiger partial charge in [-0.1, -0.05) is 25.7 Å². The van der Waals surface area contributed by atoms with E-state index in [4.69, 9.17) is 10.5 Å². The number of hydrogen-bond donors (Lipinski definition) is 3. The van der Waals surface area contributed by atoms with Crippen LogP contribution >= 0.6 is 0 Å². The number of nitrogens with one attached hydrogen (secondary N) is 2. The summed E-state index contributed by atoms with van der Waals surface area (Å²) in [5.41, 5.74) is 5.46. The van der Waals surface area contributed by atoms with Crippen molar-refractivity contribution in [3.05, 3.63) is 0 Å². The Morgan fingerprint density at radius 1 is 1.00 bits per heavy atom. The fraction of sp³-hybridized carbons (Fsp3) is 0.944. The van der Waals surface area contributed by atoms with Crippen LogP contribution < -0.4 is 16.4 Å². The number of ether oxygens (including phenoxy) is 1. The van der Waals surface area contributed by atoms with Crippen molar-refractivity contribution in [1.82, 2.24) is 10.6 Å². The standard InChI is InChI=1S/C18H35N3O2/c1-18(2,3)23-17(22)21-16-10-6-4-5-9-15(16)20-14-11-7-8-13(14)12-19/h13-16,20H,4-12,19H2,1-3H3,(H,21,22). The topological polar surface area (TPSA) is 76.4 Å². The molecule has 2 saturated carbocycles. The molecule has 0 saturated heterocycles. The predicted molar refractivity (Wildman–Crippen MR) is 93.3 cm³/mol. The third kappa shape index (κ3) is 5.96. The number of alkyl carbamates (subject to hydrolysis) is 1. The molecule has 4 unspecified atom stereocenters. The van der Waals surface area contributed by atoms with E-state index >= 15 is 0 Å². The average Bonchev–Trinajstić information content (AvgIpc) is 2.78. The minimum atomic E-state index is -0.451. The summed E-state index contributed by atoms with van der Waals surface area (Å²) < 4.78 is 5.44. The lowest BCUT2D eigenvalue weighted by molar-refractivity contribution is 0.0487. The van der Waals surface area contributed by atoms with Crippen molar-refractivity contribution in [1.29, 1.82) is 0 Å². The Hall–Kier alpha value is -0.810. The summed E-state index contributed by atoms with van der Waals surface area (Å²) in [5.74, 6) is 0.584. The molecule has 134 valence electrons. The molecule has 23 heavy (non-hydrogen) atoms. The van der Waals surface area contributed by atoms with Crippen LogP contribution in [0.3, 0.4) is 0 Å². The number of hydrogen-bond acceptors (Lipinski definition) is 4. The summed E-state index contributed by atoms with van der Waals surface area (Å²) in [7, 11) is 0. The zero-order chi connectivity index (χ0) is 16.9. The molecule has 2 rings (SSSR count). The second-order valence-corrected chi connectivity index (χ2v) is 8.20. The van der Waals surface area contributed by atoms with Crippen LogP contribution in [0.25, 0.3) is 0 Å². The van der Waals surface area contributed by atoms with Gasteiger partial charge in [0, 0.05) is 18.1 Å². The van der Waals surface area contributed by atoms with E-state index in [1.54, 1.807) is 0 Å². The van der Waals surface area contributed by atoms with Gasteiger partial charge in [-0.25, -0.2) is 4.79 Å². The number of carbonyl (C=O) groups excluding carboxylic acids is 1. The van der Waals surface area contributed by atoms with Crippen molar-refractivity contribution in [2.45, 2.75) is 95.9 Å². The van der Waals surface area contributed by atoms with Gasteiger partial charge in [0.2, 0.25) is 0 Å². The molecule has 2 aliphatic carbocycles. The predicted octanol–water partition coefficient (Wildman–Crippen LogP) is 2.93. The van der Waals surface area contributed by atoms with Gasteiger partial charge in [0.05, 0.1) is 0 Å². The third-order valence-electron chi connectivity index (χ3n) is 5.11. The van der Waals surface area contributed by atoms with Gasteiger partial charge in [-0.2, -0.15) is 0 Å². The Balaban J connectivity index is 1.94. The van der Waals surface area contributed by atoms with Gasteiger partial charge >= 0.3 is 6.09 Å². The first-order valence-electron chi connectivity index (χ1n) is 9.34. The Kier molecular flexibility index (Phi) is 6.72. The fourth-order valence-electron chi connectivity index (χ4n) is 3.95. The van der Waals surface area contributed by atoms with Gasteiger partial charge < -0.3 is 21.1 Å². The van der Waals surface area contributed by atoms with Crippen LogP contribution in [0.2, 0.25) is 0 Å². The number of nitrogens with two attached hydrogens (primary N) is 1. The SMILES string of the molecule is CC(C)(C)OC(=O)NC1CCCCCC1NC1CCCC1CN. The summed E-state index contributed by atoms with van der Waals surface area (Å²) >= 11 is 0. The Morgan fingerprint density at radius 3 is 2.30 bits per heavy atom. The van der Waals surface area contributed by atoms with E-state index in [1.807, 2.05) is 20.8 Å². The molecule has 0 aliphatic heterocycles. The molecule has 0 spiro atoms. The first-order valence-corrected chi connectivity index (χ1v) is 9.34. The second-order valence-electron chi connectivity index (χ2n) is 8.20. The highest BCUT2D eigenvalue weighted by atomic mass is 16.6. The summed E-state index contributed by atoms with van der Waals surface area (Å²) in [6.45, 7) is 6.47. The molecule has 4 atom stereocenters. The van der Waals surface area contributed by atoms with E-state index in [1.165, 1.54) is 38.5 Å². The quantitative estimate of drug-likeness (QED) is 0.695. The van der Waals surface area contributed by atoms with Crippen LogP contribution in [0.15, 0.2) is 0 Å². The number of carbonyl (C=O) groups is 1. The Bertz CT molecular complexity index is 381. The summed E-state index contributed by atoms with van der Waals surface area (Å²) in [6, 6.07) is 1.000. The van der Waals surface area contributed by atoms with Gasteiger partial charge in [0.15, 0.2) is 0 Å². The van der Waals surface area contributed by atoms with E-state index in [9.17, 15) is 4.79 Å². The first-order chi connectivity index (χ1) is 10.9. The minimum Gasteiger partial charge on any atom is -0.444 e. The Morgan fingerprint density at radius 2 is 1.65 bits per heavy atom. The summed E-state index contributed by atoms with van der Waals surface area (Å²) in [4.78, 5) is 12.2. The highest BCUT2D eigenvalue weighted by Gasteiger charge is 2.32. The molecule has 5 heteroatoms. The molecule has 4 N–H and O–H groups in total. The molecule has 0 aromatic carbocycles. The van der Waals surface area contributed by atoms with Crippen LogP contribution in [-0.2, 0) is 4.74 Å². The van der Waals surface area contributed by atoms with Crippen LogP contribution in [0.5, 0.6) is 0 Å². The molecule has 0 heterocycles. The van der Waals surface area contributed by atoms with Crippen molar-refractivity contribution < 1.29 is 9.53 Å². The van der Waals surface area contributed by atoms with E-state index in [-0.39, 0.29) is 12.1 Å². The molecular weight excluding hydrogens is 290 g/mol. The van der Waals surface area contributed by atoms with Crippen LogP contribution in [-0.4, -0.2) is 36.4 Å². The van der Waals surface area contributed by atoms with Gasteiger partial charge in [-0.3, -0.25) is 0 Å². The van der Waals surface area contributed by atoms with Crippen molar-refractivity contribution in [2.75, 3.05) is 6.54 Å². The molecular formula is C18H35N3O2. The maximum atomic E-state index is 12.2. The first kappa shape index (κ1) is 18.5. The zero-order valence-corrected chi connectivity index (χ0v) is 15.1. The van der Waals surface area contributed by atoms with E-state index in [0.29, 0.717) is 18.0 Å². The van der Waals surface area contributed by atoms with Crippen molar-refractivity contribution in [3.63, 3.8) is 0 Å². The van der Waals surface area contributed by atoms with Gasteiger partial charge in [-0.15, -0.1) is 0 Å². The van der Waals surface area contributed by atoms with E-state index < -0.39 is 5.60 Å². The number of amides is 1. The molecule has 0 aromatic rings. The molecule has 2 aliphatic rings. The summed E-state index contributed by atoms with van der Waals surface area (Å²) in [6.07, 6.45) is 9.19. The van der Waals surface area contributed by atoms with Crippen molar-refractivity contribution in [3.8, 4) is 0 Å². The molecule has 0 aromatic heterocycles. The third-order valence-corrected chi connectivity index (χ3v) is 5.11. The molecule has 0 radical (unpaired) electrons. The molecule has 1 amide bonds. The van der Waals surface area contributed by atoms with Crippen LogP contribution in [0.4, 0.5) is 4.79 Å². The van der Waals surface area contributed by atoms with Gasteiger partial charge in [0.1, 0.15) is 5.60 Å². The molecule has 0 bridgehead atoms. The highest BCUT2D eigenvalue weighted by molar-refractivity contribution is 5.68. The second kappa shape index (κ2) is 8.34. The van der Waals surface area contributed by atoms with Crippen LogP contribution in [0.1, 0.15) is 72.1 Å². The normalized spacial score (nSPS) is 32.3. The highest BCUT2D eigenvalue weighted by Crippen LogP contribution is 2.27. The Labute approximate surface area is 141 Å². The largest absolute Gasteiger partial charge is 0.444 e. The number of rotatable bonds is 4. The lowest BCUT2D eigenvalue weighted by Gasteiger charge is -2.32. The fourth-order valence-corrected chi connectivity index (χ4v) is 3.95. The average molecular weight is 325 g/mol. The van der Waals surface area contributed by atoms with Crippen LogP contribution in [0, 0.1) is 5.92 Å². The smallest absolute Gasteiger partial charge is 0.407 e. The summed E-state index contributed by atoms with van der Waals surface area (Å²) in [5, 5.41) is 6.94. The maximum Gasteiger partial charge on any atom is 0.407 e. The lowest BCUT2D eigenvalue weighted by Crippen LogP contribution is -2.54. The zero-order valence-electron chi connectivity index (χ0n) is 15.1. The lowest BCUT2D eigenvalue weighted by atomic mass is 9.98. The maximum absolute atomic E-state index is 12.2. The molecule has 5 nitrogen and oxygen atoms in total. The monoisotopic (exact) mass is 325 g/mol. The van der Waals surface area contributed by atoms with Crippen molar-refractivity contribution in [2.24, 2.45) is 11.7 Å². The van der Waals surface area contributed by atoms with Gasteiger partial charge in [0.25, 0.3) is 0 Å². The van der Waals surface area contributed by atoms with E-state index in [2.05, 4.69) is 10.6 Å².